The average molecular weight is 210 g/mol. The largest absolute Gasteiger partial charge is 0.244 e. The van der Waals surface area contributed by atoms with Crippen LogP contribution >= 0.6 is 22.9 Å². The van der Waals surface area contributed by atoms with Gasteiger partial charge in [0.15, 0.2) is 0 Å². The van der Waals surface area contributed by atoms with Gasteiger partial charge in [0.2, 0.25) is 0 Å². The number of aryl methyl sites for hydroxylation is 1. The molecule has 0 saturated carbocycles. The second kappa shape index (κ2) is 3.48. The van der Waals surface area contributed by atoms with Crippen LogP contribution in [0.25, 0.3) is 10.4 Å². The molecule has 0 spiro atoms. The Kier molecular flexibility index (Phi) is 2.34. The summed E-state index contributed by atoms with van der Waals surface area (Å²) in [6.45, 7) is 2.04. The number of hydrogen-bond donors (Lipinski definition) is 0. The van der Waals surface area contributed by atoms with Crippen LogP contribution in [0, 0.1) is 6.92 Å². The number of thiophene rings is 1. The van der Waals surface area contributed by atoms with Crippen LogP contribution in [0.1, 0.15) is 5.56 Å². The Morgan fingerprint density at radius 3 is 2.92 bits per heavy atom. The van der Waals surface area contributed by atoms with Gasteiger partial charge in [-0.05, 0) is 30.0 Å². The van der Waals surface area contributed by atoms with E-state index in [0.29, 0.717) is 5.15 Å². The fourth-order valence-electron chi connectivity index (χ4n) is 1.21. The lowest BCUT2D eigenvalue weighted by atomic mass is 10.1. The molecule has 0 aromatic carbocycles. The number of halogens is 1. The van der Waals surface area contributed by atoms with Gasteiger partial charge in [-0.15, -0.1) is 11.3 Å². The molecular formula is C10H8ClNS. The molecule has 0 unspecified atom stereocenters. The number of hydrogen-bond acceptors (Lipinski definition) is 2. The van der Waals surface area contributed by atoms with Gasteiger partial charge in [-0.1, -0.05) is 17.7 Å². The molecule has 0 amide bonds. The first kappa shape index (κ1) is 8.73. The molecule has 2 rings (SSSR count). The van der Waals surface area contributed by atoms with Crippen LogP contribution < -0.4 is 0 Å². The van der Waals surface area contributed by atoms with E-state index in [9.17, 15) is 0 Å². The van der Waals surface area contributed by atoms with E-state index in [0.717, 1.165) is 0 Å². The quantitative estimate of drug-likeness (QED) is 0.652. The van der Waals surface area contributed by atoms with E-state index in [1.54, 1.807) is 11.3 Å². The molecule has 2 aromatic rings. The maximum Gasteiger partial charge on any atom is 0.129 e. The summed E-state index contributed by atoms with van der Waals surface area (Å²) in [7, 11) is 0. The third kappa shape index (κ3) is 1.74. The molecule has 0 N–H and O–H groups in total. The summed E-state index contributed by atoms with van der Waals surface area (Å²) in [6, 6.07) is 6.01. The van der Waals surface area contributed by atoms with E-state index >= 15 is 0 Å². The van der Waals surface area contributed by atoms with E-state index in [4.69, 9.17) is 11.6 Å². The highest BCUT2D eigenvalue weighted by atomic mass is 35.5. The lowest BCUT2D eigenvalue weighted by Crippen LogP contribution is -1.82. The molecule has 0 aliphatic carbocycles. The molecule has 0 aliphatic heterocycles. The van der Waals surface area contributed by atoms with Gasteiger partial charge in [0.25, 0.3) is 0 Å². The highest BCUT2D eigenvalue weighted by Crippen LogP contribution is 2.27. The van der Waals surface area contributed by atoms with E-state index in [1.165, 1.54) is 16.0 Å². The number of nitrogens with zero attached hydrogens (tertiary/aromatic N) is 1. The minimum atomic E-state index is 0.554. The topological polar surface area (TPSA) is 12.9 Å². The van der Waals surface area contributed by atoms with Crippen LogP contribution in [0.15, 0.2) is 29.8 Å². The first-order valence-corrected chi connectivity index (χ1v) is 5.19. The number of aromatic nitrogens is 1. The number of pyridine rings is 1. The monoisotopic (exact) mass is 209 g/mol. The van der Waals surface area contributed by atoms with E-state index in [-0.39, 0.29) is 0 Å². The zero-order valence-electron chi connectivity index (χ0n) is 7.12. The van der Waals surface area contributed by atoms with Gasteiger partial charge in [0.05, 0.1) is 0 Å². The molecule has 2 aromatic heterocycles. The molecule has 0 fully saturated rings. The zero-order valence-corrected chi connectivity index (χ0v) is 8.69. The van der Waals surface area contributed by atoms with Crippen LogP contribution in [0.2, 0.25) is 5.15 Å². The lowest BCUT2D eigenvalue weighted by Gasteiger charge is -2.01. The van der Waals surface area contributed by atoms with Crippen molar-refractivity contribution in [3.63, 3.8) is 0 Å². The molecule has 0 atom stereocenters. The van der Waals surface area contributed by atoms with Crippen LogP contribution in [0.4, 0.5) is 0 Å². The minimum Gasteiger partial charge on any atom is -0.244 e. The minimum absolute atomic E-state index is 0.554. The highest BCUT2D eigenvalue weighted by molar-refractivity contribution is 7.13. The first-order chi connectivity index (χ1) is 6.27. The average Bonchev–Trinajstić information content (AvgIpc) is 2.56. The summed E-state index contributed by atoms with van der Waals surface area (Å²) in [4.78, 5) is 5.31. The predicted molar refractivity (Wildman–Crippen MR) is 57.3 cm³/mol. The fourth-order valence-corrected chi connectivity index (χ4v) is 2.23. The Balaban J connectivity index is 2.53. The third-order valence-electron chi connectivity index (χ3n) is 1.86. The second-order valence-electron chi connectivity index (χ2n) is 2.80. The molecule has 1 nitrogen and oxygen atoms in total. The Labute approximate surface area is 86.0 Å². The normalized spacial score (nSPS) is 10.3. The van der Waals surface area contributed by atoms with Gasteiger partial charge < -0.3 is 0 Å². The highest BCUT2D eigenvalue weighted by Gasteiger charge is 2.03. The van der Waals surface area contributed by atoms with E-state index in [2.05, 4.69) is 16.4 Å². The molecule has 0 aliphatic rings. The lowest BCUT2D eigenvalue weighted by molar-refractivity contribution is 1.29. The Bertz CT molecular complexity index is 409. The Hall–Kier alpha value is -0.860. The Morgan fingerprint density at radius 1 is 1.46 bits per heavy atom. The van der Waals surface area contributed by atoms with Crippen molar-refractivity contribution in [2.24, 2.45) is 0 Å². The van der Waals surface area contributed by atoms with Crippen molar-refractivity contribution >= 4 is 22.9 Å². The summed E-state index contributed by atoms with van der Waals surface area (Å²) in [5.74, 6) is 0. The van der Waals surface area contributed by atoms with Gasteiger partial charge >= 0.3 is 0 Å². The molecule has 0 bridgehead atoms. The number of rotatable bonds is 1. The Morgan fingerprint density at radius 2 is 2.31 bits per heavy atom. The van der Waals surface area contributed by atoms with Gasteiger partial charge in [0, 0.05) is 16.6 Å². The van der Waals surface area contributed by atoms with E-state index in [1.807, 2.05) is 25.3 Å². The van der Waals surface area contributed by atoms with Crippen LogP contribution in [-0.2, 0) is 0 Å². The van der Waals surface area contributed by atoms with Gasteiger partial charge in [-0.25, -0.2) is 4.98 Å². The summed E-state index contributed by atoms with van der Waals surface area (Å²) in [6.07, 6.45) is 1.82. The van der Waals surface area contributed by atoms with Crippen LogP contribution in [-0.4, -0.2) is 4.98 Å². The van der Waals surface area contributed by atoms with Crippen molar-refractivity contribution in [2.75, 3.05) is 0 Å². The van der Waals surface area contributed by atoms with Crippen molar-refractivity contribution in [3.05, 3.63) is 40.5 Å². The van der Waals surface area contributed by atoms with Crippen LogP contribution in [0.3, 0.4) is 0 Å². The summed E-state index contributed by atoms with van der Waals surface area (Å²) < 4.78 is 0. The van der Waals surface area contributed by atoms with Crippen molar-refractivity contribution in [1.29, 1.82) is 0 Å². The predicted octanol–water partition coefficient (Wildman–Crippen LogP) is 3.77. The molecule has 0 saturated heterocycles. The van der Waals surface area contributed by atoms with E-state index < -0.39 is 0 Å². The first-order valence-electron chi connectivity index (χ1n) is 3.93. The molecular weight excluding hydrogens is 202 g/mol. The van der Waals surface area contributed by atoms with Gasteiger partial charge in [0.1, 0.15) is 5.15 Å². The molecule has 2 heterocycles. The standard InChI is InChI=1S/C10H8ClNS/c1-7-5-10(11)12-6-8(7)9-3-2-4-13-9/h2-6H,1H3. The maximum atomic E-state index is 5.77. The van der Waals surface area contributed by atoms with Crippen LogP contribution in [0.5, 0.6) is 0 Å². The summed E-state index contributed by atoms with van der Waals surface area (Å²) in [5.41, 5.74) is 2.34. The smallest absolute Gasteiger partial charge is 0.129 e. The summed E-state index contributed by atoms with van der Waals surface area (Å²) >= 11 is 7.48. The van der Waals surface area contributed by atoms with Crippen molar-refractivity contribution in [3.8, 4) is 10.4 Å². The molecule has 13 heavy (non-hydrogen) atoms. The zero-order chi connectivity index (χ0) is 9.26. The van der Waals surface area contributed by atoms with Crippen molar-refractivity contribution in [1.82, 2.24) is 4.98 Å². The molecule has 3 heteroatoms. The maximum absolute atomic E-state index is 5.77. The SMILES string of the molecule is Cc1cc(Cl)ncc1-c1cccs1. The molecule has 66 valence electrons. The van der Waals surface area contributed by atoms with Gasteiger partial charge in [-0.2, -0.15) is 0 Å². The van der Waals surface area contributed by atoms with Crippen molar-refractivity contribution < 1.29 is 0 Å². The summed E-state index contributed by atoms with van der Waals surface area (Å²) in [5, 5.41) is 2.61. The van der Waals surface area contributed by atoms with Crippen molar-refractivity contribution in [2.45, 2.75) is 6.92 Å². The fraction of sp³-hybridized carbons (Fsp3) is 0.100. The molecule has 0 radical (unpaired) electrons. The third-order valence-corrected chi connectivity index (χ3v) is 2.97. The van der Waals surface area contributed by atoms with Gasteiger partial charge in [-0.3, -0.25) is 0 Å². The second-order valence-corrected chi connectivity index (χ2v) is 4.13.